The highest BCUT2D eigenvalue weighted by atomic mass is 16.4. The zero-order chi connectivity index (χ0) is 17.1. The van der Waals surface area contributed by atoms with Gasteiger partial charge in [0.1, 0.15) is 5.52 Å². The predicted molar refractivity (Wildman–Crippen MR) is 87.8 cm³/mol. The van der Waals surface area contributed by atoms with Gasteiger partial charge >= 0.3 is 12.1 Å². The number of carbonyl (C=O) groups excluding carboxylic acids is 1. The Balaban J connectivity index is 1.60. The Morgan fingerprint density at radius 2 is 2.17 bits per heavy atom. The minimum Gasteiger partial charge on any atom is -0.465 e. The summed E-state index contributed by atoms with van der Waals surface area (Å²) >= 11 is 0. The number of aromatic amines is 1. The molecule has 2 aromatic heterocycles. The number of aromatic nitrogens is 3. The Morgan fingerprint density at radius 1 is 1.38 bits per heavy atom. The largest absolute Gasteiger partial charge is 0.465 e. The molecule has 0 aliphatic carbocycles. The number of urea groups is 1. The van der Waals surface area contributed by atoms with Gasteiger partial charge in [0, 0.05) is 25.3 Å². The molecule has 1 aliphatic rings. The van der Waals surface area contributed by atoms with Gasteiger partial charge in [0.05, 0.1) is 6.20 Å². The van der Waals surface area contributed by atoms with Crippen LogP contribution in [0.4, 0.5) is 15.4 Å². The Bertz CT molecular complexity index is 746. The van der Waals surface area contributed by atoms with E-state index in [-0.39, 0.29) is 18.0 Å². The van der Waals surface area contributed by atoms with Gasteiger partial charge in [-0.2, -0.15) is 0 Å². The Labute approximate surface area is 138 Å². The van der Waals surface area contributed by atoms with Crippen molar-refractivity contribution in [1.82, 2.24) is 25.2 Å². The van der Waals surface area contributed by atoms with Crippen LogP contribution < -0.4 is 10.6 Å². The van der Waals surface area contributed by atoms with Crippen LogP contribution in [-0.4, -0.2) is 56.2 Å². The van der Waals surface area contributed by atoms with Crippen molar-refractivity contribution in [3.63, 3.8) is 0 Å². The molecule has 0 spiro atoms. The Hall–Kier alpha value is -2.84. The molecule has 2 aromatic rings. The topological polar surface area (TPSA) is 123 Å². The number of nitrogens with one attached hydrogen (secondary N) is 3. The molecular weight excluding hydrogens is 312 g/mol. The van der Waals surface area contributed by atoms with Crippen molar-refractivity contribution in [1.29, 1.82) is 0 Å². The lowest BCUT2D eigenvalue weighted by molar-refractivity contribution is 0.146. The number of H-pyrrole nitrogens is 1. The van der Waals surface area contributed by atoms with E-state index in [0.717, 1.165) is 0 Å². The molecule has 2 unspecified atom stereocenters. The molecule has 0 saturated carbocycles. The summed E-state index contributed by atoms with van der Waals surface area (Å²) in [6, 6.07) is 1.33. The highest BCUT2D eigenvalue weighted by Gasteiger charge is 2.26. The highest BCUT2D eigenvalue weighted by Crippen LogP contribution is 2.18. The van der Waals surface area contributed by atoms with E-state index in [0.29, 0.717) is 42.9 Å². The number of fused-ring (bicyclic) bond motifs is 1. The van der Waals surface area contributed by atoms with Crippen molar-refractivity contribution in [2.45, 2.75) is 25.8 Å². The fraction of sp³-hybridized carbons (Fsp3) is 0.467. The van der Waals surface area contributed by atoms with Gasteiger partial charge in [-0.15, -0.1) is 0 Å². The predicted octanol–water partition coefficient (Wildman–Crippen LogP) is 1.86. The number of likely N-dealkylation sites (tertiary alicyclic amines) is 1. The van der Waals surface area contributed by atoms with Crippen LogP contribution in [0.1, 0.15) is 19.8 Å². The van der Waals surface area contributed by atoms with Gasteiger partial charge in [0.25, 0.3) is 0 Å². The first-order valence-electron chi connectivity index (χ1n) is 7.88. The summed E-state index contributed by atoms with van der Waals surface area (Å²) in [5.41, 5.74) is 1.33. The number of anilines is 1. The van der Waals surface area contributed by atoms with Crippen LogP contribution >= 0.6 is 0 Å². The molecule has 24 heavy (non-hydrogen) atoms. The monoisotopic (exact) mass is 332 g/mol. The molecule has 3 amide bonds. The quantitative estimate of drug-likeness (QED) is 0.668. The van der Waals surface area contributed by atoms with Gasteiger partial charge in [-0.05, 0) is 24.8 Å². The van der Waals surface area contributed by atoms with E-state index >= 15 is 0 Å². The highest BCUT2D eigenvalue weighted by molar-refractivity contribution is 5.89. The Kier molecular flexibility index (Phi) is 4.50. The lowest BCUT2D eigenvalue weighted by Gasteiger charge is -2.22. The molecule has 0 aromatic carbocycles. The van der Waals surface area contributed by atoms with Gasteiger partial charge in [-0.1, -0.05) is 6.92 Å². The molecule has 1 fully saturated rings. The van der Waals surface area contributed by atoms with Crippen LogP contribution in [0, 0.1) is 5.92 Å². The zero-order valence-electron chi connectivity index (χ0n) is 13.3. The van der Waals surface area contributed by atoms with Crippen LogP contribution in [0.25, 0.3) is 11.2 Å². The third-order valence-corrected chi connectivity index (χ3v) is 4.34. The van der Waals surface area contributed by atoms with Crippen LogP contribution in [0.15, 0.2) is 18.5 Å². The molecule has 3 rings (SSSR count). The molecule has 4 N–H and O–H groups in total. The first-order valence-corrected chi connectivity index (χ1v) is 7.88. The molecule has 128 valence electrons. The molecular formula is C15H20N6O3. The number of hydrogen-bond donors (Lipinski definition) is 4. The lowest BCUT2D eigenvalue weighted by Crippen LogP contribution is -2.42. The first kappa shape index (κ1) is 16.0. The number of carbonyl (C=O) groups is 2. The second-order valence-corrected chi connectivity index (χ2v) is 6.00. The summed E-state index contributed by atoms with van der Waals surface area (Å²) in [5, 5.41) is 14.7. The summed E-state index contributed by atoms with van der Waals surface area (Å²) in [6.07, 6.45) is 3.61. The van der Waals surface area contributed by atoms with Crippen LogP contribution in [0.3, 0.4) is 0 Å². The summed E-state index contributed by atoms with van der Waals surface area (Å²) in [7, 11) is 0. The fourth-order valence-corrected chi connectivity index (χ4v) is 2.87. The third-order valence-electron chi connectivity index (χ3n) is 4.34. The SMILES string of the molecule is CC1CCN(C(=O)O)CCC1NC(=O)Nc1cnc2[nH]ccc2n1. The van der Waals surface area contributed by atoms with E-state index in [4.69, 9.17) is 5.11 Å². The molecule has 1 saturated heterocycles. The zero-order valence-corrected chi connectivity index (χ0v) is 13.3. The van der Waals surface area contributed by atoms with Gasteiger partial charge in [-0.25, -0.2) is 19.6 Å². The molecule has 9 heteroatoms. The standard InChI is InChI=1S/C15H20N6O3/c1-9-3-6-21(15(23)24)7-4-10(9)19-14(22)20-12-8-17-13-11(18-12)2-5-16-13/h2,5,8-10H,3-4,6-7H2,1H3,(H,16,17)(H,23,24)(H2,18,19,20,22). The van der Waals surface area contributed by atoms with Crippen molar-refractivity contribution < 1.29 is 14.7 Å². The van der Waals surface area contributed by atoms with Crippen LogP contribution in [-0.2, 0) is 0 Å². The average molecular weight is 332 g/mol. The van der Waals surface area contributed by atoms with Gasteiger partial charge in [-0.3, -0.25) is 5.32 Å². The van der Waals surface area contributed by atoms with E-state index < -0.39 is 6.09 Å². The van der Waals surface area contributed by atoms with Crippen LogP contribution in [0.5, 0.6) is 0 Å². The van der Waals surface area contributed by atoms with Gasteiger partial charge in [0.2, 0.25) is 0 Å². The number of carboxylic acid groups (broad SMARTS) is 1. The smallest absolute Gasteiger partial charge is 0.407 e. The van der Waals surface area contributed by atoms with Crippen molar-refractivity contribution in [2.75, 3.05) is 18.4 Å². The fourth-order valence-electron chi connectivity index (χ4n) is 2.87. The summed E-state index contributed by atoms with van der Waals surface area (Å²) in [6.45, 7) is 2.92. The molecule has 9 nitrogen and oxygen atoms in total. The van der Waals surface area contributed by atoms with Crippen molar-refractivity contribution in [2.24, 2.45) is 5.92 Å². The number of rotatable bonds is 2. The van der Waals surface area contributed by atoms with Crippen LogP contribution in [0.2, 0.25) is 0 Å². The third kappa shape index (κ3) is 3.55. The molecule has 2 atom stereocenters. The normalized spacial score (nSPS) is 21.3. The maximum atomic E-state index is 12.2. The minimum absolute atomic E-state index is 0.0849. The number of amides is 3. The first-order chi connectivity index (χ1) is 11.5. The molecule has 0 radical (unpaired) electrons. The Morgan fingerprint density at radius 3 is 2.96 bits per heavy atom. The maximum absolute atomic E-state index is 12.2. The van der Waals surface area contributed by atoms with Crippen molar-refractivity contribution >= 4 is 29.1 Å². The molecule has 3 heterocycles. The second kappa shape index (κ2) is 6.73. The number of nitrogens with zero attached hydrogens (tertiary/aromatic N) is 3. The summed E-state index contributed by atoms with van der Waals surface area (Å²) in [4.78, 5) is 36.1. The van der Waals surface area contributed by atoms with E-state index in [1.807, 2.05) is 6.92 Å². The lowest BCUT2D eigenvalue weighted by atomic mass is 9.97. The van der Waals surface area contributed by atoms with E-state index in [9.17, 15) is 9.59 Å². The summed E-state index contributed by atoms with van der Waals surface area (Å²) < 4.78 is 0. The van der Waals surface area contributed by atoms with E-state index in [1.165, 1.54) is 11.1 Å². The van der Waals surface area contributed by atoms with Gasteiger partial charge in [0.15, 0.2) is 11.5 Å². The number of hydrogen-bond acceptors (Lipinski definition) is 4. The van der Waals surface area contributed by atoms with E-state index in [2.05, 4.69) is 25.6 Å². The molecule has 1 aliphatic heterocycles. The minimum atomic E-state index is -0.914. The average Bonchev–Trinajstić information content (AvgIpc) is 2.92. The maximum Gasteiger partial charge on any atom is 0.407 e. The van der Waals surface area contributed by atoms with E-state index in [1.54, 1.807) is 12.3 Å². The van der Waals surface area contributed by atoms with Crippen molar-refractivity contribution in [3.8, 4) is 0 Å². The second-order valence-electron chi connectivity index (χ2n) is 6.00. The summed E-state index contributed by atoms with van der Waals surface area (Å²) in [5.74, 6) is 0.561. The van der Waals surface area contributed by atoms with Gasteiger partial charge < -0.3 is 20.3 Å². The molecule has 0 bridgehead atoms. The van der Waals surface area contributed by atoms with Crippen molar-refractivity contribution in [3.05, 3.63) is 18.5 Å².